The molecule has 0 amide bonds. The summed E-state index contributed by atoms with van der Waals surface area (Å²) in [6.45, 7) is 7.16. The van der Waals surface area contributed by atoms with Crippen molar-refractivity contribution in [3.8, 4) is 0 Å². The second kappa shape index (κ2) is 8.83. The molecule has 0 spiro atoms. The van der Waals surface area contributed by atoms with E-state index in [9.17, 15) is 4.79 Å². The van der Waals surface area contributed by atoms with Gasteiger partial charge in [0.15, 0.2) is 5.78 Å². The van der Waals surface area contributed by atoms with Crippen LogP contribution in [0.2, 0.25) is 0 Å². The van der Waals surface area contributed by atoms with Crippen LogP contribution in [0.5, 0.6) is 0 Å². The van der Waals surface area contributed by atoms with Crippen LogP contribution in [0.15, 0.2) is 73.1 Å². The smallest absolute Gasteiger partial charge is 0.164 e. The van der Waals surface area contributed by atoms with Crippen molar-refractivity contribution in [1.82, 2.24) is 4.98 Å². The number of pyridine rings is 1. The van der Waals surface area contributed by atoms with E-state index < -0.39 is 0 Å². The molecular weight excluding hydrogens is 344 g/mol. The van der Waals surface area contributed by atoms with Gasteiger partial charge < -0.3 is 5.32 Å². The number of Topliss-reactive ketones (excluding diaryl/α,β-unsaturated/α-hetero) is 1. The molecule has 3 heteroatoms. The zero-order chi connectivity index (χ0) is 20.0. The fourth-order valence-corrected chi connectivity index (χ4v) is 3.10. The van der Waals surface area contributed by atoms with E-state index in [1.165, 1.54) is 16.7 Å². The molecule has 0 radical (unpaired) electrons. The van der Waals surface area contributed by atoms with E-state index in [-0.39, 0.29) is 11.2 Å². The molecule has 1 heterocycles. The van der Waals surface area contributed by atoms with E-state index in [2.05, 4.69) is 67.5 Å². The lowest BCUT2D eigenvalue weighted by Gasteiger charge is -2.19. The van der Waals surface area contributed by atoms with Crippen molar-refractivity contribution in [2.24, 2.45) is 0 Å². The Kier molecular flexibility index (Phi) is 6.25. The molecule has 0 unspecified atom stereocenters. The number of carbonyl (C=O) groups is 1. The molecule has 0 fully saturated rings. The Balaban J connectivity index is 1.48. The van der Waals surface area contributed by atoms with Crippen molar-refractivity contribution in [3.05, 3.63) is 95.3 Å². The number of rotatable bonds is 7. The minimum absolute atomic E-state index is 0.104. The quantitative estimate of drug-likeness (QED) is 0.545. The standard InChI is InChI=1S/C25H28N2O/c1-25(2,3)22-8-6-21(7-9-22)24(28)14-17-27-23-10-4-19(5-11-23)18-20-12-15-26-16-13-20/h4-13,15-16,27H,14,17-18H2,1-3H3. The largest absolute Gasteiger partial charge is 0.385 e. The van der Waals surface area contributed by atoms with E-state index in [1.807, 2.05) is 36.7 Å². The molecule has 1 N–H and O–H groups in total. The van der Waals surface area contributed by atoms with Crippen molar-refractivity contribution in [1.29, 1.82) is 0 Å². The molecule has 3 rings (SSSR count). The summed E-state index contributed by atoms with van der Waals surface area (Å²) in [7, 11) is 0. The number of benzene rings is 2. The first-order valence-electron chi connectivity index (χ1n) is 9.77. The zero-order valence-electron chi connectivity index (χ0n) is 16.9. The molecule has 0 bridgehead atoms. The zero-order valence-corrected chi connectivity index (χ0v) is 16.9. The highest BCUT2D eigenvalue weighted by molar-refractivity contribution is 5.96. The van der Waals surface area contributed by atoms with Gasteiger partial charge in [0.25, 0.3) is 0 Å². The summed E-state index contributed by atoms with van der Waals surface area (Å²) in [5.41, 5.74) is 5.67. The van der Waals surface area contributed by atoms with Crippen LogP contribution in [-0.4, -0.2) is 17.3 Å². The highest BCUT2D eigenvalue weighted by atomic mass is 16.1. The van der Waals surface area contributed by atoms with Crippen molar-refractivity contribution in [2.45, 2.75) is 39.0 Å². The van der Waals surface area contributed by atoms with Crippen LogP contribution in [0, 0.1) is 0 Å². The van der Waals surface area contributed by atoms with Crippen molar-refractivity contribution in [2.75, 3.05) is 11.9 Å². The lowest BCUT2D eigenvalue weighted by Crippen LogP contribution is -2.12. The van der Waals surface area contributed by atoms with Gasteiger partial charge >= 0.3 is 0 Å². The first-order chi connectivity index (χ1) is 13.4. The Morgan fingerprint density at radius 2 is 1.46 bits per heavy atom. The highest BCUT2D eigenvalue weighted by Gasteiger charge is 2.14. The van der Waals surface area contributed by atoms with Gasteiger partial charge in [-0.05, 0) is 52.8 Å². The Morgan fingerprint density at radius 3 is 2.07 bits per heavy atom. The summed E-state index contributed by atoms with van der Waals surface area (Å²) in [6.07, 6.45) is 5.01. The molecule has 0 aliphatic heterocycles. The number of anilines is 1. The summed E-state index contributed by atoms with van der Waals surface area (Å²) in [5.74, 6) is 0.169. The molecule has 144 valence electrons. The number of aromatic nitrogens is 1. The lowest BCUT2D eigenvalue weighted by molar-refractivity contribution is 0.0986. The fourth-order valence-electron chi connectivity index (χ4n) is 3.10. The third kappa shape index (κ3) is 5.53. The number of nitrogens with one attached hydrogen (secondary N) is 1. The molecule has 0 saturated heterocycles. The van der Waals surface area contributed by atoms with Crippen LogP contribution in [-0.2, 0) is 11.8 Å². The van der Waals surface area contributed by atoms with E-state index in [0.29, 0.717) is 13.0 Å². The van der Waals surface area contributed by atoms with Gasteiger partial charge in [0.2, 0.25) is 0 Å². The molecule has 28 heavy (non-hydrogen) atoms. The van der Waals surface area contributed by atoms with E-state index in [4.69, 9.17) is 0 Å². The fraction of sp³-hybridized carbons (Fsp3) is 0.280. The topological polar surface area (TPSA) is 42.0 Å². The van der Waals surface area contributed by atoms with E-state index in [1.54, 1.807) is 0 Å². The lowest BCUT2D eigenvalue weighted by atomic mass is 9.86. The number of hydrogen-bond donors (Lipinski definition) is 1. The second-order valence-electron chi connectivity index (χ2n) is 8.16. The molecule has 1 aromatic heterocycles. The first kappa shape index (κ1) is 19.8. The van der Waals surface area contributed by atoms with Crippen LogP contribution >= 0.6 is 0 Å². The summed E-state index contributed by atoms with van der Waals surface area (Å²) in [4.78, 5) is 16.5. The maximum absolute atomic E-state index is 12.4. The molecule has 0 aliphatic carbocycles. The van der Waals surface area contributed by atoms with Gasteiger partial charge in [-0.2, -0.15) is 0 Å². The molecule has 2 aromatic carbocycles. The number of nitrogens with zero attached hydrogens (tertiary/aromatic N) is 1. The number of ketones is 1. The van der Waals surface area contributed by atoms with Crippen LogP contribution < -0.4 is 5.32 Å². The summed E-state index contributed by atoms with van der Waals surface area (Å²) in [5, 5.41) is 3.34. The van der Waals surface area contributed by atoms with Gasteiger partial charge in [0.1, 0.15) is 0 Å². The monoisotopic (exact) mass is 372 g/mol. The van der Waals surface area contributed by atoms with Crippen LogP contribution in [0.3, 0.4) is 0 Å². The number of hydrogen-bond acceptors (Lipinski definition) is 3. The molecular formula is C25H28N2O. The van der Waals surface area contributed by atoms with Crippen molar-refractivity contribution >= 4 is 11.5 Å². The second-order valence-corrected chi connectivity index (χ2v) is 8.16. The Bertz CT molecular complexity index is 892. The maximum Gasteiger partial charge on any atom is 0.164 e. The van der Waals surface area contributed by atoms with E-state index >= 15 is 0 Å². The highest BCUT2D eigenvalue weighted by Crippen LogP contribution is 2.22. The molecule has 3 nitrogen and oxygen atoms in total. The third-order valence-corrected chi connectivity index (χ3v) is 4.87. The van der Waals surface area contributed by atoms with Gasteiger partial charge in [-0.15, -0.1) is 0 Å². The predicted molar refractivity (Wildman–Crippen MR) is 116 cm³/mol. The van der Waals surface area contributed by atoms with Crippen molar-refractivity contribution in [3.63, 3.8) is 0 Å². The molecule has 0 saturated carbocycles. The van der Waals surface area contributed by atoms with E-state index in [0.717, 1.165) is 17.7 Å². The Labute approximate surface area is 167 Å². The molecule has 3 aromatic rings. The van der Waals surface area contributed by atoms with Crippen LogP contribution in [0.4, 0.5) is 5.69 Å². The first-order valence-corrected chi connectivity index (χ1v) is 9.77. The average Bonchev–Trinajstić information content (AvgIpc) is 2.69. The molecule has 0 atom stereocenters. The van der Waals surface area contributed by atoms with Crippen LogP contribution in [0.1, 0.15) is 54.2 Å². The summed E-state index contributed by atoms with van der Waals surface area (Å²) in [6, 6.07) is 20.4. The Hall–Kier alpha value is -2.94. The normalized spacial score (nSPS) is 11.2. The van der Waals surface area contributed by atoms with Gasteiger partial charge in [-0.3, -0.25) is 9.78 Å². The van der Waals surface area contributed by atoms with Gasteiger partial charge in [-0.1, -0.05) is 57.2 Å². The third-order valence-electron chi connectivity index (χ3n) is 4.87. The maximum atomic E-state index is 12.4. The SMILES string of the molecule is CC(C)(C)c1ccc(C(=O)CCNc2ccc(Cc3ccncc3)cc2)cc1. The minimum atomic E-state index is 0.104. The van der Waals surface area contributed by atoms with Gasteiger partial charge in [0, 0.05) is 36.6 Å². The van der Waals surface area contributed by atoms with Crippen molar-refractivity contribution < 1.29 is 4.79 Å². The predicted octanol–water partition coefficient (Wildman–Crippen LogP) is 5.65. The number of carbonyl (C=O) groups excluding carboxylic acids is 1. The minimum Gasteiger partial charge on any atom is -0.385 e. The summed E-state index contributed by atoms with van der Waals surface area (Å²) >= 11 is 0. The Morgan fingerprint density at radius 1 is 0.857 bits per heavy atom. The van der Waals surface area contributed by atoms with Gasteiger partial charge in [0.05, 0.1) is 0 Å². The summed E-state index contributed by atoms with van der Waals surface area (Å²) < 4.78 is 0. The average molecular weight is 373 g/mol. The molecule has 0 aliphatic rings. The van der Waals surface area contributed by atoms with Gasteiger partial charge in [-0.25, -0.2) is 0 Å². The van der Waals surface area contributed by atoms with Crippen LogP contribution in [0.25, 0.3) is 0 Å².